The molecule has 3 aromatic rings. The molecule has 0 bridgehead atoms. The minimum absolute atomic E-state index is 0.0390. The second-order valence-corrected chi connectivity index (χ2v) is 7.14. The van der Waals surface area contributed by atoms with Crippen molar-refractivity contribution in [1.82, 2.24) is 15.1 Å². The highest BCUT2D eigenvalue weighted by Crippen LogP contribution is 2.18. The molecule has 0 atom stereocenters. The minimum atomic E-state index is -0.692. The molecule has 0 aliphatic carbocycles. The molecular weight excluding hydrogens is 382 g/mol. The summed E-state index contributed by atoms with van der Waals surface area (Å²) in [6, 6.07) is 8.49. The molecule has 0 radical (unpaired) electrons. The van der Waals surface area contributed by atoms with Crippen LogP contribution in [0.15, 0.2) is 47.1 Å². The van der Waals surface area contributed by atoms with Crippen molar-refractivity contribution in [3.8, 4) is 0 Å². The van der Waals surface area contributed by atoms with Crippen molar-refractivity contribution in [2.24, 2.45) is 0 Å². The Balaban J connectivity index is 1.48. The van der Waals surface area contributed by atoms with Crippen molar-refractivity contribution < 1.29 is 23.5 Å². The molecule has 0 spiro atoms. The van der Waals surface area contributed by atoms with E-state index >= 15 is 0 Å². The molecule has 0 saturated heterocycles. The summed E-state index contributed by atoms with van der Waals surface area (Å²) in [7, 11) is 0. The van der Waals surface area contributed by atoms with E-state index in [4.69, 9.17) is 9.15 Å². The van der Waals surface area contributed by atoms with Crippen LogP contribution >= 0.6 is 11.3 Å². The number of thiophene rings is 1. The summed E-state index contributed by atoms with van der Waals surface area (Å²) in [6.45, 7) is 2.00. The first-order chi connectivity index (χ1) is 13.5. The summed E-state index contributed by atoms with van der Waals surface area (Å²) in [5.41, 5.74) is 0. The molecule has 0 saturated carbocycles. The van der Waals surface area contributed by atoms with Crippen molar-refractivity contribution in [1.29, 1.82) is 0 Å². The Morgan fingerprint density at radius 1 is 1.25 bits per heavy atom. The van der Waals surface area contributed by atoms with E-state index in [1.165, 1.54) is 24.3 Å². The van der Waals surface area contributed by atoms with Crippen LogP contribution in [0.1, 0.15) is 37.8 Å². The van der Waals surface area contributed by atoms with Crippen LogP contribution in [0, 0.1) is 0 Å². The zero-order valence-corrected chi connectivity index (χ0v) is 16.0. The second kappa shape index (κ2) is 9.14. The van der Waals surface area contributed by atoms with Crippen LogP contribution in [0.3, 0.4) is 0 Å². The number of ether oxygens (including phenoxy) is 1. The monoisotopic (exact) mass is 401 g/mol. The lowest BCUT2D eigenvalue weighted by Gasteiger charge is -2.01. The second-order valence-electron chi connectivity index (χ2n) is 5.97. The molecule has 3 heterocycles. The summed E-state index contributed by atoms with van der Waals surface area (Å²) in [5, 5.41) is 6.77. The number of hydrogen-bond donors (Lipinski definition) is 1. The van der Waals surface area contributed by atoms with Gasteiger partial charge in [-0.1, -0.05) is 0 Å². The molecule has 3 rings (SSSR count). The quantitative estimate of drug-likeness (QED) is 0.436. The van der Waals surface area contributed by atoms with Gasteiger partial charge in [-0.3, -0.25) is 14.3 Å². The van der Waals surface area contributed by atoms with Gasteiger partial charge in [0.15, 0.2) is 6.61 Å². The lowest BCUT2D eigenvalue weighted by molar-refractivity contribution is -0.118. The third kappa shape index (κ3) is 5.40. The van der Waals surface area contributed by atoms with Gasteiger partial charge in [0.05, 0.1) is 11.4 Å². The Hall–Kier alpha value is -3.20. The van der Waals surface area contributed by atoms with E-state index in [1.54, 1.807) is 35.3 Å². The van der Waals surface area contributed by atoms with Gasteiger partial charge in [-0.15, -0.1) is 11.3 Å². The Kier molecular flexibility index (Phi) is 6.38. The maximum absolute atomic E-state index is 12.2. The van der Waals surface area contributed by atoms with Gasteiger partial charge in [0.2, 0.25) is 17.5 Å². The van der Waals surface area contributed by atoms with Crippen molar-refractivity contribution in [3.05, 3.63) is 64.0 Å². The fraction of sp³-hybridized carbons (Fsp3) is 0.263. The van der Waals surface area contributed by atoms with Crippen LogP contribution in [0.5, 0.6) is 0 Å². The van der Waals surface area contributed by atoms with Crippen molar-refractivity contribution in [2.75, 3.05) is 13.2 Å². The fourth-order valence-electron chi connectivity index (χ4n) is 2.42. The lowest BCUT2D eigenvalue weighted by atomic mass is 10.3. The number of amides is 1. The molecule has 146 valence electrons. The fourth-order valence-corrected chi connectivity index (χ4v) is 3.35. The molecule has 1 amide bonds. The summed E-state index contributed by atoms with van der Waals surface area (Å²) in [4.78, 5) is 36.6. The number of furan rings is 1. The van der Waals surface area contributed by atoms with Crippen molar-refractivity contribution in [3.63, 3.8) is 0 Å². The van der Waals surface area contributed by atoms with E-state index in [9.17, 15) is 14.4 Å². The summed E-state index contributed by atoms with van der Waals surface area (Å²) < 4.78 is 12.2. The first-order valence-corrected chi connectivity index (χ1v) is 9.42. The largest absolute Gasteiger partial charge is 0.452 e. The van der Waals surface area contributed by atoms with E-state index in [2.05, 4.69) is 10.4 Å². The molecule has 0 fully saturated rings. The summed E-state index contributed by atoms with van der Waals surface area (Å²) >= 11 is 1.32. The Labute approximate surface area is 165 Å². The highest BCUT2D eigenvalue weighted by Gasteiger charge is 2.17. The number of hydrogen-bond acceptors (Lipinski definition) is 7. The number of carbonyl (C=O) groups is 3. The third-order valence-corrected chi connectivity index (χ3v) is 4.94. The van der Waals surface area contributed by atoms with E-state index in [0.29, 0.717) is 30.1 Å². The van der Waals surface area contributed by atoms with Crippen LogP contribution in [0.2, 0.25) is 0 Å². The van der Waals surface area contributed by atoms with Gasteiger partial charge in [0, 0.05) is 30.7 Å². The number of Topliss-reactive ketones (excluding diaryl/α,β-unsaturated/α-hetero) is 1. The normalized spacial score (nSPS) is 10.6. The predicted molar refractivity (Wildman–Crippen MR) is 101 cm³/mol. The van der Waals surface area contributed by atoms with E-state index in [1.807, 2.05) is 6.07 Å². The highest BCUT2D eigenvalue weighted by molar-refractivity contribution is 7.14. The number of aromatic nitrogens is 2. The number of rotatable bonds is 9. The first kappa shape index (κ1) is 19.6. The van der Waals surface area contributed by atoms with E-state index in [-0.39, 0.29) is 24.1 Å². The summed E-state index contributed by atoms with van der Waals surface area (Å²) in [5.74, 6) is -0.471. The van der Waals surface area contributed by atoms with Gasteiger partial charge in [0.25, 0.3) is 0 Å². The van der Waals surface area contributed by atoms with Crippen LogP contribution in [0.25, 0.3) is 0 Å². The zero-order chi connectivity index (χ0) is 19.9. The standard InChI is InChI=1S/C19H19N3O5S/c1-13(23)20-9-7-15-4-6-18(28-15)16(24)12-26-19(25)17-5-3-14(27-17)11-22-10-2-8-21-22/h2-6,8,10H,7,9,11-12H2,1H3,(H,20,23). The van der Waals surface area contributed by atoms with Crippen molar-refractivity contribution >= 4 is 29.0 Å². The minimum Gasteiger partial charge on any atom is -0.452 e. The number of nitrogens with zero attached hydrogens (tertiary/aromatic N) is 2. The van der Waals surface area contributed by atoms with Gasteiger partial charge < -0.3 is 14.5 Å². The van der Waals surface area contributed by atoms with Crippen LogP contribution in [0.4, 0.5) is 0 Å². The number of carbonyl (C=O) groups excluding carboxylic acids is 3. The van der Waals surface area contributed by atoms with Gasteiger partial charge in [0.1, 0.15) is 5.76 Å². The molecule has 8 nitrogen and oxygen atoms in total. The molecule has 3 aromatic heterocycles. The number of nitrogens with one attached hydrogen (secondary N) is 1. The highest BCUT2D eigenvalue weighted by atomic mass is 32.1. The van der Waals surface area contributed by atoms with Crippen LogP contribution in [-0.4, -0.2) is 40.6 Å². The van der Waals surface area contributed by atoms with Gasteiger partial charge in [-0.25, -0.2) is 4.79 Å². The third-order valence-electron chi connectivity index (χ3n) is 3.76. The van der Waals surface area contributed by atoms with Crippen LogP contribution < -0.4 is 5.32 Å². The van der Waals surface area contributed by atoms with Gasteiger partial charge in [-0.2, -0.15) is 5.10 Å². The maximum Gasteiger partial charge on any atom is 0.374 e. The SMILES string of the molecule is CC(=O)NCCc1ccc(C(=O)COC(=O)c2ccc(Cn3cccn3)o2)s1. The molecule has 0 aliphatic rings. The maximum atomic E-state index is 12.2. The molecule has 9 heteroatoms. The Morgan fingerprint density at radius 2 is 2.11 bits per heavy atom. The van der Waals surface area contributed by atoms with E-state index in [0.717, 1.165) is 4.88 Å². The average molecular weight is 401 g/mol. The first-order valence-electron chi connectivity index (χ1n) is 8.61. The number of ketones is 1. The molecule has 0 unspecified atom stereocenters. The number of esters is 1. The topological polar surface area (TPSA) is 103 Å². The molecule has 0 aromatic carbocycles. The molecular formula is C19H19N3O5S. The van der Waals surface area contributed by atoms with Gasteiger partial charge >= 0.3 is 5.97 Å². The average Bonchev–Trinajstić information content (AvgIpc) is 3.41. The van der Waals surface area contributed by atoms with Gasteiger partial charge in [-0.05, 0) is 36.8 Å². The Bertz CT molecular complexity index is 958. The van der Waals surface area contributed by atoms with Crippen molar-refractivity contribution in [2.45, 2.75) is 19.9 Å². The van der Waals surface area contributed by atoms with E-state index < -0.39 is 5.97 Å². The molecule has 28 heavy (non-hydrogen) atoms. The smallest absolute Gasteiger partial charge is 0.374 e. The lowest BCUT2D eigenvalue weighted by Crippen LogP contribution is -2.22. The molecule has 0 aliphatic heterocycles. The van der Waals surface area contributed by atoms with Crippen LogP contribution in [-0.2, 0) is 22.5 Å². The summed E-state index contributed by atoms with van der Waals surface area (Å²) in [6.07, 6.45) is 4.08. The molecule has 1 N–H and O–H groups in total. The Morgan fingerprint density at radius 3 is 2.86 bits per heavy atom. The predicted octanol–water partition coefficient (Wildman–Crippen LogP) is 2.30. The zero-order valence-electron chi connectivity index (χ0n) is 15.2.